The second-order valence-electron chi connectivity index (χ2n) is 4.92. The minimum absolute atomic E-state index is 0.567. The number of aromatic amines is 1. The average Bonchev–Trinajstić information content (AvgIpc) is 2.91. The molecule has 1 unspecified atom stereocenters. The second-order valence-corrected chi connectivity index (χ2v) is 6.11. The molecule has 3 rings (SSSR count). The molecule has 5 heteroatoms. The topological polar surface area (TPSA) is 44.0 Å². The Hall–Kier alpha value is -1.48. The van der Waals surface area contributed by atoms with Crippen LogP contribution in [0.15, 0.2) is 16.8 Å². The highest BCUT2D eigenvalue weighted by atomic mass is 32.1. The van der Waals surface area contributed by atoms with Gasteiger partial charge in [-0.1, -0.05) is 12.2 Å². The van der Waals surface area contributed by atoms with Crippen LogP contribution in [0.2, 0.25) is 0 Å². The lowest BCUT2D eigenvalue weighted by Gasteiger charge is -2.25. The highest BCUT2D eigenvalue weighted by molar-refractivity contribution is 7.71. The molecule has 1 atom stereocenters. The Kier molecular flexibility index (Phi) is 3.23. The van der Waals surface area contributed by atoms with Crippen LogP contribution in [0.4, 0.5) is 0 Å². The summed E-state index contributed by atoms with van der Waals surface area (Å²) in [6.45, 7) is 1.98. The normalized spacial score (nSPS) is 17.8. The van der Waals surface area contributed by atoms with Crippen LogP contribution in [-0.4, -0.2) is 18.6 Å². The summed E-state index contributed by atoms with van der Waals surface area (Å²) in [4.78, 5) is 4.69. The number of aromatic nitrogens is 1. The Labute approximate surface area is 121 Å². The molecule has 3 heterocycles. The fourth-order valence-electron chi connectivity index (χ4n) is 2.66. The monoisotopic (exact) mass is 288 g/mol. The largest absolute Gasteiger partial charge is 0.345 e. The number of fused-ring (bicyclic) bond motifs is 1. The van der Waals surface area contributed by atoms with Gasteiger partial charge in [0.15, 0.2) is 0 Å². The van der Waals surface area contributed by atoms with Gasteiger partial charge in [-0.25, -0.2) is 0 Å². The van der Waals surface area contributed by atoms with E-state index in [0.717, 1.165) is 30.8 Å². The van der Waals surface area contributed by atoms with Gasteiger partial charge in [-0.05, 0) is 17.0 Å². The molecule has 0 radical (unpaired) electrons. The van der Waals surface area contributed by atoms with Crippen LogP contribution in [0.5, 0.6) is 0 Å². The van der Waals surface area contributed by atoms with Gasteiger partial charge in [-0.15, -0.1) is 0 Å². The lowest BCUT2D eigenvalue weighted by molar-refractivity contribution is -0.895. The van der Waals surface area contributed by atoms with E-state index in [-0.39, 0.29) is 0 Å². The van der Waals surface area contributed by atoms with E-state index in [0.29, 0.717) is 10.2 Å². The van der Waals surface area contributed by atoms with Crippen molar-refractivity contribution < 1.29 is 4.90 Å². The number of quaternary nitrogens is 1. The summed E-state index contributed by atoms with van der Waals surface area (Å²) in [6.07, 6.45) is 0.993. The van der Waals surface area contributed by atoms with Crippen molar-refractivity contribution in [1.29, 1.82) is 5.26 Å². The summed E-state index contributed by atoms with van der Waals surface area (Å²) >= 11 is 7.03. The Bertz CT molecular complexity index is 708. The van der Waals surface area contributed by atoms with E-state index in [9.17, 15) is 5.26 Å². The van der Waals surface area contributed by atoms with Crippen molar-refractivity contribution in [2.75, 3.05) is 13.6 Å². The van der Waals surface area contributed by atoms with Gasteiger partial charge in [0.2, 0.25) is 0 Å². The van der Waals surface area contributed by atoms with E-state index in [1.54, 1.807) is 11.3 Å². The van der Waals surface area contributed by atoms with Crippen LogP contribution < -0.4 is 4.90 Å². The van der Waals surface area contributed by atoms with Crippen molar-refractivity contribution >= 4 is 23.6 Å². The highest BCUT2D eigenvalue weighted by Crippen LogP contribution is 2.29. The lowest BCUT2D eigenvalue weighted by Crippen LogP contribution is -3.08. The number of rotatable bonds is 1. The predicted octanol–water partition coefficient (Wildman–Crippen LogP) is 1.92. The van der Waals surface area contributed by atoms with Crippen LogP contribution in [0.3, 0.4) is 0 Å². The standard InChI is InChI=1S/C14H13N3S2/c1-17-4-2-10-12(7-17)11(6-15)14(18)16-13(10)9-3-5-19-8-9/h3,5,8H,2,4,7H2,1H3,(H,16,18)/p+1. The molecular weight excluding hydrogens is 274 g/mol. The minimum Gasteiger partial charge on any atom is -0.345 e. The summed E-state index contributed by atoms with van der Waals surface area (Å²) < 4.78 is 0.567. The Morgan fingerprint density at radius 3 is 3.00 bits per heavy atom. The van der Waals surface area contributed by atoms with Gasteiger partial charge < -0.3 is 9.88 Å². The maximum atomic E-state index is 9.34. The minimum atomic E-state index is 0.567. The lowest BCUT2D eigenvalue weighted by atomic mass is 9.93. The number of nitrogens with one attached hydrogen (secondary N) is 2. The molecule has 0 spiro atoms. The number of thiophene rings is 1. The van der Waals surface area contributed by atoms with E-state index < -0.39 is 0 Å². The van der Waals surface area contributed by atoms with Crippen molar-refractivity contribution in [3.63, 3.8) is 0 Å². The third kappa shape index (κ3) is 2.12. The molecule has 96 valence electrons. The van der Waals surface area contributed by atoms with Crippen LogP contribution in [0, 0.1) is 16.0 Å². The molecule has 1 aliphatic rings. The molecule has 0 fully saturated rings. The van der Waals surface area contributed by atoms with Crippen molar-refractivity contribution in [3.05, 3.63) is 38.2 Å². The Balaban J connectivity index is 2.29. The number of likely N-dealkylation sites (N-methyl/N-ethyl adjacent to an activating group) is 1. The third-order valence-electron chi connectivity index (χ3n) is 3.64. The van der Waals surface area contributed by atoms with Gasteiger partial charge in [0, 0.05) is 22.9 Å². The van der Waals surface area contributed by atoms with Crippen LogP contribution in [0.1, 0.15) is 16.7 Å². The molecule has 2 N–H and O–H groups in total. The molecule has 2 aromatic heterocycles. The predicted molar refractivity (Wildman–Crippen MR) is 78.8 cm³/mol. The molecule has 0 aromatic carbocycles. The molecule has 0 saturated heterocycles. The summed E-state index contributed by atoms with van der Waals surface area (Å²) in [5.41, 5.74) is 5.34. The number of hydrogen-bond acceptors (Lipinski definition) is 3. The van der Waals surface area contributed by atoms with E-state index in [1.165, 1.54) is 16.0 Å². The second kappa shape index (κ2) is 4.89. The number of nitrogens with zero attached hydrogens (tertiary/aromatic N) is 1. The number of H-pyrrole nitrogens is 1. The summed E-state index contributed by atoms with van der Waals surface area (Å²) in [6, 6.07) is 4.37. The van der Waals surface area contributed by atoms with Crippen molar-refractivity contribution in [1.82, 2.24) is 4.98 Å². The van der Waals surface area contributed by atoms with E-state index in [4.69, 9.17) is 12.2 Å². The van der Waals surface area contributed by atoms with Gasteiger partial charge in [-0.2, -0.15) is 16.6 Å². The first-order valence-electron chi connectivity index (χ1n) is 6.22. The van der Waals surface area contributed by atoms with Crippen molar-refractivity contribution in [2.45, 2.75) is 13.0 Å². The van der Waals surface area contributed by atoms with Gasteiger partial charge in [0.1, 0.15) is 17.3 Å². The molecule has 0 saturated carbocycles. The molecule has 2 aromatic rings. The van der Waals surface area contributed by atoms with Gasteiger partial charge >= 0.3 is 0 Å². The smallest absolute Gasteiger partial charge is 0.122 e. The van der Waals surface area contributed by atoms with Gasteiger partial charge in [-0.3, -0.25) is 0 Å². The van der Waals surface area contributed by atoms with Crippen LogP contribution in [-0.2, 0) is 13.0 Å². The zero-order valence-electron chi connectivity index (χ0n) is 10.6. The van der Waals surface area contributed by atoms with Crippen molar-refractivity contribution in [2.24, 2.45) is 0 Å². The molecular formula is C14H14N3S2+. The first-order valence-corrected chi connectivity index (χ1v) is 7.58. The number of hydrogen-bond donors (Lipinski definition) is 2. The van der Waals surface area contributed by atoms with Crippen LogP contribution in [0.25, 0.3) is 11.3 Å². The first-order chi connectivity index (χ1) is 9.20. The van der Waals surface area contributed by atoms with E-state index in [1.807, 2.05) is 0 Å². The molecule has 0 bridgehead atoms. The molecule has 0 amide bonds. The number of nitriles is 1. The van der Waals surface area contributed by atoms with Gasteiger partial charge in [0.05, 0.1) is 24.8 Å². The molecule has 19 heavy (non-hydrogen) atoms. The maximum Gasteiger partial charge on any atom is 0.122 e. The summed E-state index contributed by atoms with van der Waals surface area (Å²) in [5.74, 6) is 0. The summed E-state index contributed by atoms with van der Waals surface area (Å²) in [7, 11) is 2.16. The molecule has 0 aliphatic carbocycles. The Morgan fingerprint density at radius 1 is 1.47 bits per heavy atom. The van der Waals surface area contributed by atoms with E-state index >= 15 is 0 Å². The Morgan fingerprint density at radius 2 is 2.32 bits per heavy atom. The molecule has 1 aliphatic heterocycles. The molecule has 3 nitrogen and oxygen atoms in total. The fraction of sp³-hybridized carbons (Fsp3) is 0.286. The zero-order valence-corrected chi connectivity index (χ0v) is 12.3. The SMILES string of the molecule is C[NH+]1CCc2c(-c3ccsc3)[nH]c(=S)c(C#N)c2C1. The summed E-state index contributed by atoms with van der Waals surface area (Å²) in [5, 5.41) is 13.5. The fourth-order valence-corrected chi connectivity index (χ4v) is 3.58. The highest BCUT2D eigenvalue weighted by Gasteiger charge is 2.24. The van der Waals surface area contributed by atoms with Crippen LogP contribution >= 0.6 is 23.6 Å². The maximum absolute atomic E-state index is 9.34. The average molecular weight is 288 g/mol. The van der Waals surface area contributed by atoms with Crippen molar-refractivity contribution in [3.8, 4) is 17.3 Å². The third-order valence-corrected chi connectivity index (χ3v) is 4.62. The quantitative estimate of drug-likeness (QED) is 0.787. The number of pyridine rings is 1. The first kappa shape index (κ1) is 12.5. The van der Waals surface area contributed by atoms with Gasteiger partial charge in [0.25, 0.3) is 0 Å². The van der Waals surface area contributed by atoms with E-state index in [2.05, 4.69) is 34.9 Å². The zero-order chi connectivity index (χ0) is 13.4.